The van der Waals surface area contributed by atoms with Crippen LogP contribution in [0.3, 0.4) is 0 Å². The summed E-state index contributed by atoms with van der Waals surface area (Å²) in [6.45, 7) is 0.357. The Morgan fingerprint density at radius 1 is 1.28 bits per heavy atom. The molecule has 8 nitrogen and oxygen atoms in total. The molecule has 0 unspecified atom stereocenters. The van der Waals surface area contributed by atoms with E-state index in [1.807, 2.05) is 6.07 Å². The molecule has 8 heteroatoms. The van der Waals surface area contributed by atoms with Gasteiger partial charge >= 0.3 is 5.97 Å². The number of methoxy groups -OCH3 is 1. The van der Waals surface area contributed by atoms with Crippen molar-refractivity contribution >= 4 is 22.7 Å². The van der Waals surface area contributed by atoms with E-state index in [-0.39, 0.29) is 11.0 Å². The molecule has 0 aliphatic heterocycles. The number of aromatic amines is 1. The maximum absolute atomic E-state index is 12.7. The van der Waals surface area contributed by atoms with Crippen LogP contribution in [0.25, 0.3) is 22.2 Å². The predicted molar refractivity (Wildman–Crippen MR) is 107 cm³/mol. The molecule has 2 aromatic heterocycles. The number of aromatic nitrogens is 2. The number of benzene rings is 2. The topological polar surface area (TPSA) is 117 Å². The van der Waals surface area contributed by atoms with Crippen molar-refractivity contribution in [1.29, 1.82) is 0 Å². The lowest BCUT2D eigenvalue weighted by Crippen LogP contribution is -2.09. The van der Waals surface area contributed by atoms with E-state index in [1.54, 1.807) is 30.5 Å². The van der Waals surface area contributed by atoms with Crippen molar-refractivity contribution in [3.63, 3.8) is 0 Å². The molecule has 0 amide bonds. The van der Waals surface area contributed by atoms with Crippen molar-refractivity contribution in [1.82, 2.24) is 9.97 Å². The van der Waals surface area contributed by atoms with Crippen molar-refractivity contribution in [3.05, 3.63) is 76.4 Å². The average Bonchev–Trinajstić information content (AvgIpc) is 3.26. The lowest BCUT2D eigenvalue weighted by atomic mass is 10.1. The fourth-order valence-corrected chi connectivity index (χ4v) is 3.09. The van der Waals surface area contributed by atoms with Gasteiger partial charge < -0.3 is 24.6 Å². The minimum atomic E-state index is -0.986. The molecule has 4 aromatic rings. The quantitative estimate of drug-likeness (QED) is 0.460. The van der Waals surface area contributed by atoms with Crippen LogP contribution in [0.4, 0.5) is 5.82 Å². The molecule has 0 spiro atoms. The highest BCUT2D eigenvalue weighted by Crippen LogP contribution is 2.32. The highest BCUT2D eigenvalue weighted by Gasteiger charge is 2.13. The van der Waals surface area contributed by atoms with Crippen LogP contribution >= 0.6 is 0 Å². The van der Waals surface area contributed by atoms with E-state index in [4.69, 9.17) is 14.3 Å². The van der Waals surface area contributed by atoms with Crippen LogP contribution in [-0.2, 0) is 6.54 Å². The van der Waals surface area contributed by atoms with E-state index in [1.165, 1.54) is 25.6 Å². The lowest BCUT2D eigenvalue weighted by Gasteiger charge is -2.11. The number of carboxylic acids is 1. The lowest BCUT2D eigenvalue weighted by molar-refractivity contribution is 0.0696. The van der Waals surface area contributed by atoms with E-state index in [0.29, 0.717) is 40.3 Å². The Labute approximate surface area is 164 Å². The summed E-state index contributed by atoms with van der Waals surface area (Å²) in [6, 6.07) is 11.5. The molecular weight excluding hydrogens is 374 g/mol. The van der Waals surface area contributed by atoms with Gasteiger partial charge in [0.1, 0.15) is 11.6 Å². The first-order valence-electron chi connectivity index (χ1n) is 8.75. The van der Waals surface area contributed by atoms with Crippen molar-refractivity contribution in [2.24, 2.45) is 0 Å². The molecule has 2 aromatic carbocycles. The average molecular weight is 391 g/mol. The number of nitrogens with zero attached hydrogens (tertiary/aromatic N) is 1. The summed E-state index contributed by atoms with van der Waals surface area (Å²) in [6.07, 6.45) is 2.87. The van der Waals surface area contributed by atoms with E-state index in [2.05, 4.69) is 15.3 Å². The minimum absolute atomic E-state index is 0.177. The zero-order valence-electron chi connectivity index (χ0n) is 15.4. The number of nitrogens with one attached hydrogen (secondary N) is 2. The largest absolute Gasteiger partial charge is 0.496 e. The van der Waals surface area contributed by atoms with E-state index >= 15 is 0 Å². The first-order chi connectivity index (χ1) is 14.0. The maximum Gasteiger partial charge on any atom is 0.335 e. The summed E-state index contributed by atoms with van der Waals surface area (Å²) < 4.78 is 10.8. The standard InChI is InChI=1S/C21H17N3O5/c1-28-18-7-16-14(6-15(18)19-10-22-11-29-19)17(25)8-20(24-16)23-9-12-3-2-4-13(5-12)21(26)27/h2-8,10-11H,9H2,1H3,(H,26,27)(H2,23,24,25). The Bertz CT molecular complexity index is 1250. The second-order valence-electron chi connectivity index (χ2n) is 6.37. The smallest absolute Gasteiger partial charge is 0.335 e. The SMILES string of the molecule is COc1cc2[nH]c(NCc3cccc(C(=O)O)c3)cc(=O)c2cc1-c1cnco1. The van der Waals surface area contributed by atoms with Gasteiger partial charge in [-0.1, -0.05) is 12.1 Å². The van der Waals surface area contributed by atoms with Crippen LogP contribution in [0, 0.1) is 0 Å². The molecule has 0 aliphatic rings. The summed E-state index contributed by atoms with van der Waals surface area (Å²) in [5.41, 5.74) is 2.04. The van der Waals surface area contributed by atoms with Crippen molar-refractivity contribution in [3.8, 4) is 17.1 Å². The molecule has 0 radical (unpaired) electrons. The molecule has 29 heavy (non-hydrogen) atoms. The Morgan fingerprint density at radius 3 is 2.86 bits per heavy atom. The third-order valence-electron chi connectivity index (χ3n) is 4.50. The number of oxazole rings is 1. The third-order valence-corrected chi connectivity index (χ3v) is 4.50. The van der Waals surface area contributed by atoms with E-state index in [9.17, 15) is 9.59 Å². The summed E-state index contributed by atoms with van der Waals surface area (Å²) in [5, 5.41) is 12.7. The number of hydrogen-bond acceptors (Lipinski definition) is 6. The molecule has 0 saturated carbocycles. The molecule has 0 saturated heterocycles. The summed E-state index contributed by atoms with van der Waals surface area (Å²) in [4.78, 5) is 30.8. The molecular formula is C21H17N3O5. The van der Waals surface area contributed by atoms with Crippen molar-refractivity contribution in [2.75, 3.05) is 12.4 Å². The number of rotatable bonds is 6. The monoisotopic (exact) mass is 391 g/mol. The zero-order chi connectivity index (χ0) is 20.4. The fourth-order valence-electron chi connectivity index (χ4n) is 3.09. The number of aromatic carboxylic acids is 1. The van der Waals surface area contributed by atoms with Gasteiger partial charge in [0.15, 0.2) is 17.6 Å². The number of fused-ring (bicyclic) bond motifs is 1. The molecule has 0 fully saturated rings. The Morgan fingerprint density at radius 2 is 2.14 bits per heavy atom. The minimum Gasteiger partial charge on any atom is -0.496 e. The summed E-state index contributed by atoms with van der Waals surface area (Å²) in [5.74, 6) is 0.568. The molecule has 3 N–H and O–H groups in total. The maximum atomic E-state index is 12.7. The van der Waals surface area contributed by atoms with E-state index < -0.39 is 5.97 Å². The van der Waals surface area contributed by atoms with Gasteiger partial charge in [0.2, 0.25) is 0 Å². The zero-order valence-corrected chi connectivity index (χ0v) is 15.4. The molecule has 0 atom stereocenters. The van der Waals surface area contributed by atoms with Gasteiger partial charge in [-0.25, -0.2) is 9.78 Å². The Kier molecular flexibility index (Phi) is 4.74. The molecule has 0 bridgehead atoms. The van der Waals surface area contributed by atoms with Gasteiger partial charge in [-0.3, -0.25) is 4.79 Å². The Hall–Kier alpha value is -4.07. The number of anilines is 1. The Balaban J connectivity index is 1.67. The first kappa shape index (κ1) is 18.3. The van der Waals surface area contributed by atoms with Crippen LogP contribution in [0.1, 0.15) is 15.9 Å². The third kappa shape index (κ3) is 3.68. The highest BCUT2D eigenvalue weighted by atomic mass is 16.5. The first-order valence-corrected chi connectivity index (χ1v) is 8.75. The molecule has 0 aliphatic carbocycles. The number of pyridine rings is 1. The van der Waals surface area contributed by atoms with Crippen LogP contribution in [0.15, 0.2) is 64.3 Å². The summed E-state index contributed by atoms with van der Waals surface area (Å²) in [7, 11) is 1.54. The number of carboxylic acid groups (broad SMARTS) is 1. The number of H-pyrrole nitrogens is 1. The van der Waals surface area contributed by atoms with Gasteiger partial charge in [-0.05, 0) is 23.8 Å². The normalized spacial score (nSPS) is 10.8. The number of carbonyl (C=O) groups is 1. The second-order valence-corrected chi connectivity index (χ2v) is 6.37. The van der Waals surface area contributed by atoms with Gasteiger partial charge in [0.05, 0.1) is 30.0 Å². The highest BCUT2D eigenvalue weighted by molar-refractivity contribution is 5.88. The summed E-state index contributed by atoms with van der Waals surface area (Å²) >= 11 is 0. The molecule has 4 rings (SSSR count). The van der Waals surface area contributed by atoms with Crippen LogP contribution in [-0.4, -0.2) is 28.2 Å². The van der Waals surface area contributed by atoms with Crippen LogP contribution in [0.5, 0.6) is 5.75 Å². The number of ether oxygens (including phenoxy) is 1. The van der Waals surface area contributed by atoms with Crippen LogP contribution in [0.2, 0.25) is 0 Å². The second kappa shape index (κ2) is 7.51. The predicted octanol–water partition coefficient (Wildman–Crippen LogP) is 3.50. The fraction of sp³-hybridized carbons (Fsp3) is 0.0952. The number of hydrogen-bond donors (Lipinski definition) is 3. The molecule has 146 valence electrons. The van der Waals surface area contributed by atoms with Crippen molar-refractivity contribution < 1.29 is 19.1 Å². The van der Waals surface area contributed by atoms with Gasteiger partial charge in [-0.15, -0.1) is 0 Å². The van der Waals surface area contributed by atoms with Crippen LogP contribution < -0.4 is 15.5 Å². The van der Waals surface area contributed by atoms with E-state index in [0.717, 1.165) is 5.56 Å². The van der Waals surface area contributed by atoms with Crippen molar-refractivity contribution in [2.45, 2.75) is 6.54 Å². The molecule has 2 heterocycles. The van der Waals surface area contributed by atoms with Gasteiger partial charge in [0.25, 0.3) is 0 Å². The van der Waals surface area contributed by atoms with Gasteiger partial charge in [0, 0.05) is 24.1 Å². The van der Waals surface area contributed by atoms with Gasteiger partial charge in [-0.2, -0.15) is 0 Å².